The summed E-state index contributed by atoms with van der Waals surface area (Å²) in [4.78, 5) is 12.4. The van der Waals surface area contributed by atoms with Crippen LogP contribution in [-0.4, -0.2) is 26.2 Å². The van der Waals surface area contributed by atoms with Crippen molar-refractivity contribution >= 4 is 5.91 Å². The van der Waals surface area contributed by atoms with E-state index in [9.17, 15) is 9.18 Å². The summed E-state index contributed by atoms with van der Waals surface area (Å²) in [5, 5.41) is 3.04. The predicted octanol–water partition coefficient (Wildman–Crippen LogP) is 3.81. The van der Waals surface area contributed by atoms with Crippen molar-refractivity contribution in [1.29, 1.82) is 0 Å². The second kappa shape index (κ2) is 8.75. The van der Waals surface area contributed by atoms with Crippen molar-refractivity contribution < 1.29 is 23.4 Å². The molecule has 1 amide bonds. The molecule has 0 saturated carbocycles. The van der Waals surface area contributed by atoms with E-state index in [1.54, 1.807) is 12.1 Å². The SMILES string of the molecule is CCC(NC(=O)CCc1ccc(OC)c(F)c1)c1ccc2c(c1)OCCO2. The Hall–Kier alpha value is -2.76. The fourth-order valence-electron chi connectivity index (χ4n) is 3.09. The maximum Gasteiger partial charge on any atom is 0.220 e. The number of carbonyl (C=O) groups is 1. The summed E-state index contributed by atoms with van der Waals surface area (Å²) in [6.07, 6.45) is 1.50. The van der Waals surface area contributed by atoms with E-state index >= 15 is 0 Å². The normalized spacial score (nSPS) is 13.7. The zero-order valence-corrected chi connectivity index (χ0v) is 15.6. The van der Waals surface area contributed by atoms with Crippen LogP contribution >= 0.6 is 0 Å². The van der Waals surface area contributed by atoms with Crippen LogP contribution in [0.4, 0.5) is 4.39 Å². The summed E-state index contributed by atoms with van der Waals surface area (Å²) in [6.45, 7) is 3.09. The lowest BCUT2D eigenvalue weighted by Crippen LogP contribution is -2.28. The molecule has 27 heavy (non-hydrogen) atoms. The summed E-state index contributed by atoms with van der Waals surface area (Å²) in [6, 6.07) is 10.4. The number of carbonyl (C=O) groups excluding carboxylic acids is 1. The standard InChI is InChI=1S/C21H24FNO4/c1-3-17(15-6-8-19-20(13-15)27-11-10-26-19)23-21(24)9-5-14-4-7-18(25-2)16(22)12-14/h4,6-8,12-13,17H,3,5,9-11H2,1-2H3,(H,23,24). The van der Waals surface area contributed by atoms with Crippen LogP contribution in [-0.2, 0) is 11.2 Å². The van der Waals surface area contributed by atoms with Crippen molar-refractivity contribution in [2.45, 2.75) is 32.2 Å². The highest BCUT2D eigenvalue weighted by atomic mass is 19.1. The third-order valence-electron chi connectivity index (χ3n) is 4.57. The van der Waals surface area contributed by atoms with Crippen LogP contribution in [0.5, 0.6) is 17.2 Å². The molecule has 5 nitrogen and oxygen atoms in total. The van der Waals surface area contributed by atoms with E-state index in [1.807, 2.05) is 25.1 Å². The maximum absolute atomic E-state index is 13.8. The Bertz CT molecular complexity index is 809. The van der Waals surface area contributed by atoms with Crippen LogP contribution in [0.2, 0.25) is 0 Å². The van der Waals surface area contributed by atoms with E-state index < -0.39 is 5.82 Å². The van der Waals surface area contributed by atoms with Crippen LogP contribution in [0.1, 0.15) is 36.9 Å². The highest BCUT2D eigenvalue weighted by Gasteiger charge is 2.17. The molecule has 1 aliphatic rings. The first-order valence-corrected chi connectivity index (χ1v) is 9.12. The van der Waals surface area contributed by atoms with Crippen molar-refractivity contribution in [3.63, 3.8) is 0 Å². The Morgan fingerprint density at radius 1 is 1.19 bits per heavy atom. The van der Waals surface area contributed by atoms with Crippen LogP contribution in [0.15, 0.2) is 36.4 Å². The van der Waals surface area contributed by atoms with Gasteiger partial charge >= 0.3 is 0 Å². The zero-order valence-electron chi connectivity index (χ0n) is 15.6. The topological polar surface area (TPSA) is 56.8 Å². The van der Waals surface area contributed by atoms with Gasteiger partial charge < -0.3 is 19.5 Å². The van der Waals surface area contributed by atoms with Gasteiger partial charge in [0.1, 0.15) is 13.2 Å². The van der Waals surface area contributed by atoms with E-state index in [1.165, 1.54) is 13.2 Å². The minimum atomic E-state index is -0.418. The van der Waals surface area contributed by atoms with Gasteiger partial charge in [-0.05, 0) is 48.2 Å². The molecule has 0 spiro atoms. The minimum absolute atomic E-state index is 0.0760. The molecule has 3 rings (SSSR count). The Morgan fingerprint density at radius 2 is 1.96 bits per heavy atom. The quantitative estimate of drug-likeness (QED) is 0.802. The molecule has 6 heteroatoms. The van der Waals surface area contributed by atoms with Crippen molar-refractivity contribution in [3.05, 3.63) is 53.3 Å². The highest BCUT2D eigenvalue weighted by Crippen LogP contribution is 2.33. The Labute approximate surface area is 158 Å². The number of hydrogen-bond donors (Lipinski definition) is 1. The van der Waals surface area contributed by atoms with Crippen molar-refractivity contribution in [3.8, 4) is 17.2 Å². The second-order valence-corrected chi connectivity index (χ2v) is 6.40. The lowest BCUT2D eigenvalue weighted by Gasteiger charge is -2.22. The average molecular weight is 373 g/mol. The number of ether oxygens (including phenoxy) is 3. The minimum Gasteiger partial charge on any atom is -0.494 e. The molecule has 1 unspecified atom stereocenters. The fourth-order valence-corrected chi connectivity index (χ4v) is 3.09. The zero-order chi connectivity index (χ0) is 19.2. The molecule has 1 heterocycles. The number of amides is 1. The van der Waals surface area contributed by atoms with Crippen LogP contribution in [0, 0.1) is 5.82 Å². The summed E-state index contributed by atoms with van der Waals surface area (Å²) in [5.41, 5.74) is 1.74. The molecule has 1 N–H and O–H groups in total. The first-order valence-electron chi connectivity index (χ1n) is 9.12. The maximum atomic E-state index is 13.8. The molecule has 0 bridgehead atoms. The molecule has 0 radical (unpaired) electrons. The molecule has 0 saturated heterocycles. The molecular weight excluding hydrogens is 349 g/mol. The number of methoxy groups -OCH3 is 1. The van der Waals surface area contributed by atoms with Gasteiger partial charge in [0, 0.05) is 6.42 Å². The average Bonchev–Trinajstić information content (AvgIpc) is 2.70. The molecule has 2 aromatic carbocycles. The van der Waals surface area contributed by atoms with E-state index in [2.05, 4.69) is 5.32 Å². The van der Waals surface area contributed by atoms with E-state index in [0.29, 0.717) is 25.4 Å². The van der Waals surface area contributed by atoms with E-state index in [-0.39, 0.29) is 24.1 Å². The van der Waals surface area contributed by atoms with Crippen molar-refractivity contribution in [2.75, 3.05) is 20.3 Å². The Balaban J connectivity index is 1.59. The van der Waals surface area contributed by atoms with Gasteiger partial charge in [-0.2, -0.15) is 0 Å². The van der Waals surface area contributed by atoms with Crippen LogP contribution in [0.3, 0.4) is 0 Å². The summed E-state index contributed by atoms with van der Waals surface area (Å²) in [7, 11) is 1.42. The number of aryl methyl sites for hydroxylation is 1. The number of nitrogens with one attached hydrogen (secondary N) is 1. The van der Waals surface area contributed by atoms with Gasteiger partial charge in [-0.15, -0.1) is 0 Å². The molecule has 0 aromatic heterocycles. The first kappa shape index (κ1) is 19.0. The van der Waals surface area contributed by atoms with E-state index in [4.69, 9.17) is 14.2 Å². The number of rotatable bonds is 7. The molecule has 1 atom stereocenters. The molecule has 1 aliphatic heterocycles. The largest absolute Gasteiger partial charge is 0.494 e. The number of benzene rings is 2. The summed E-state index contributed by atoms with van der Waals surface area (Å²) >= 11 is 0. The lowest BCUT2D eigenvalue weighted by atomic mass is 10.0. The monoisotopic (exact) mass is 373 g/mol. The molecule has 144 valence electrons. The third-order valence-corrected chi connectivity index (χ3v) is 4.57. The van der Waals surface area contributed by atoms with Crippen LogP contribution < -0.4 is 19.5 Å². The summed E-state index contributed by atoms with van der Waals surface area (Å²) in [5.74, 6) is 1.15. The molecule has 2 aromatic rings. The van der Waals surface area contributed by atoms with Gasteiger partial charge in [0.05, 0.1) is 13.2 Å². The highest BCUT2D eigenvalue weighted by molar-refractivity contribution is 5.76. The van der Waals surface area contributed by atoms with Gasteiger partial charge in [0.25, 0.3) is 0 Å². The smallest absolute Gasteiger partial charge is 0.220 e. The Morgan fingerprint density at radius 3 is 2.67 bits per heavy atom. The second-order valence-electron chi connectivity index (χ2n) is 6.40. The van der Waals surface area contributed by atoms with Gasteiger partial charge in [0.15, 0.2) is 23.1 Å². The molecule has 0 aliphatic carbocycles. The predicted molar refractivity (Wildman–Crippen MR) is 99.9 cm³/mol. The van der Waals surface area contributed by atoms with Crippen LogP contribution in [0.25, 0.3) is 0 Å². The van der Waals surface area contributed by atoms with Gasteiger partial charge in [-0.25, -0.2) is 4.39 Å². The van der Waals surface area contributed by atoms with Crippen molar-refractivity contribution in [2.24, 2.45) is 0 Å². The lowest BCUT2D eigenvalue weighted by molar-refractivity contribution is -0.121. The molecular formula is C21H24FNO4. The van der Waals surface area contributed by atoms with Crippen molar-refractivity contribution in [1.82, 2.24) is 5.32 Å². The third kappa shape index (κ3) is 4.70. The van der Waals surface area contributed by atoms with E-state index in [0.717, 1.165) is 23.3 Å². The fraction of sp³-hybridized carbons (Fsp3) is 0.381. The van der Waals surface area contributed by atoms with Gasteiger partial charge in [-0.1, -0.05) is 19.1 Å². The number of halogens is 1. The molecule has 0 fully saturated rings. The Kier molecular flexibility index (Phi) is 6.16. The number of fused-ring (bicyclic) bond motifs is 1. The van der Waals surface area contributed by atoms with Gasteiger partial charge in [-0.3, -0.25) is 4.79 Å². The number of hydrogen-bond acceptors (Lipinski definition) is 4. The summed E-state index contributed by atoms with van der Waals surface area (Å²) < 4.78 is 29.8. The first-order chi connectivity index (χ1) is 13.1. The van der Waals surface area contributed by atoms with Gasteiger partial charge in [0.2, 0.25) is 5.91 Å².